The molecule has 4 fully saturated rings. The van der Waals surface area contributed by atoms with E-state index in [1.807, 2.05) is 6.07 Å². The minimum Gasteiger partial charge on any atom is -0.388 e. The second kappa shape index (κ2) is 4.57. The van der Waals surface area contributed by atoms with E-state index in [0.29, 0.717) is 10.0 Å². The smallest absolute Gasteiger partial charge is 0.0883 e. The number of hydrogen-bond acceptors (Lipinski definition) is 4. The number of benzene rings is 1. The van der Waals surface area contributed by atoms with Crippen molar-refractivity contribution in [2.75, 3.05) is 39.6 Å². The first-order valence-electron chi connectivity index (χ1n) is 6.86. The van der Waals surface area contributed by atoms with E-state index in [0.717, 1.165) is 45.2 Å². The van der Waals surface area contributed by atoms with Gasteiger partial charge in [0.1, 0.15) is 0 Å². The lowest BCUT2D eigenvalue weighted by Gasteiger charge is -2.61. The van der Waals surface area contributed by atoms with Gasteiger partial charge in [-0.25, -0.2) is 0 Å². The predicted molar refractivity (Wildman–Crippen MR) is 78.6 cm³/mol. The van der Waals surface area contributed by atoms with Crippen LogP contribution < -0.4 is 0 Å². The van der Waals surface area contributed by atoms with Gasteiger partial charge in [0.25, 0.3) is 0 Å². The molecule has 0 saturated carbocycles. The van der Waals surface area contributed by atoms with Gasteiger partial charge in [0.15, 0.2) is 0 Å². The zero-order chi connectivity index (χ0) is 13.9. The molecule has 108 valence electrons. The summed E-state index contributed by atoms with van der Waals surface area (Å²) < 4.78 is 0. The highest BCUT2D eigenvalue weighted by Crippen LogP contribution is 2.44. The average Bonchev–Trinajstić information content (AvgIpc) is 2.39. The topological polar surface area (TPSA) is 30.0 Å². The highest BCUT2D eigenvalue weighted by Gasteiger charge is 2.52. The van der Waals surface area contributed by atoms with E-state index in [9.17, 15) is 5.11 Å². The molecule has 1 aromatic rings. The van der Waals surface area contributed by atoms with Crippen molar-refractivity contribution in [2.45, 2.75) is 6.10 Å². The van der Waals surface area contributed by atoms with Gasteiger partial charge in [-0.05, 0) is 17.7 Å². The van der Waals surface area contributed by atoms with E-state index in [2.05, 4.69) is 14.7 Å². The van der Waals surface area contributed by atoms with E-state index in [-0.39, 0.29) is 5.41 Å². The summed E-state index contributed by atoms with van der Waals surface area (Å²) in [4.78, 5) is 7.20. The van der Waals surface area contributed by atoms with Crippen molar-refractivity contribution in [1.29, 1.82) is 0 Å². The molecular formula is C14H17Cl2N3O. The molecule has 0 spiro atoms. The zero-order valence-electron chi connectivity index (χ0n) is 11.1. The average molecular weight is 314 g/mol. The van der Waals surface area contributed by atoms with Gasteiger partial charge in [-0.3, -0.25) is 14.7 Å². The third-order valence-corrected chi connectivity index (χ3v) is 5.39. The lowest BCUT2D eigenvalue weighted by atomic mass is 9.74. The number of rotatable bonds is 2. The van der Waals surface area contributed by atoms with E-state index >= 15 is 0 Å². The van der Waals surface area contributed by atoms with E-state index in [1.54, 1.807) is 12.1 Å². The third-order valence-electron chi connectivity index (χ3n) is 4.65. The summed E-state index contributed by atoms with van der Waals surface area (Å²) >= 11 is 12.1. The molecule has 4 heterocycles. The summed E-state index contributed by atoms with van der Waals surface area (Å²) in [7, 11) is 0. The molecule has 20 heavy (non-hydrogen) atoms. The molecule has 0 unspecified atom stereocenters. The Hall–Kier alpha value is -0.360. The minimum absolute atomic E-state index is 0.119. The monoisotopic (exact) mass is 313 g/mol. The van der Waals surface area contributed by atoms with E-state index in [1.165, 1.54) is 0 Å². The van der Waals surface area contributed by atoms with Crippen LogP contribution >= 0.6 is 23.2 Å². The van der Waals surface area contributed by atoms with Gasteiger partial charge in [-0.1, -0.05) is 29.3 Å². The molecule has 4 bridgehead atoms. The van der Waals surface area contributed by atoms with Crippen molar-refractivity contribution in [2.24, 2.45) is 5.41 Å². The molecule has 0 radical (unpaired) electrons. The van der Waals surface area contributed by atoms with Gasteiger partial charge in [-0.15, -0.1) is 0 Å². The molecule has 0 aliphatic carbocycles. The van der Waals surface area contributed by atoms with Crippen molar-refractivity contribution in [3.8, 4) is 0 Å². The number of aliphatic hydroxyl groups is 1. The second-order valence-corrected chi connectivity index (χ2v) is 7.16. The summed E-state index contributed by atoms with van der Waals surface area (Å²) in [5.74, 6) is 0. The Morgan fingerprint density at radius 2 is 1.50 bits per heavy atom. The quantitative estimate of drug-likeness (QED) is 0.902. The molecule has 4 saturated heterocycles. The summed E-state index contributed by atoms with van der Waals surface area (Å²) in [6, 6.07) is 5.45. The van der Waals surface area contributed by atoms with E-state index < -0.39 is 6.10 Å². The zero-order valence-corrected chi connectivity index (χ0v) is 12.6. The fourth-order valence-corrected chi connectivity index (χ4v) is 4.37. The van der Waals surface area contributed by atoms with Crippen LogP contribution in [0.3, 0.4) is 0 Å². The Kier molecular flexibility index (Phi) is 3.04. The summed E-state index contributed by atoms with van der Waals surface area (Å²) in [5, 5.41) is 12.0. The number of aliphatic hydroxyl groups excluding tert-OH is 1. The predicted octanol–water partition coefficient (Wildman–Crippen LogP) is 1.83. The molecule has 1 N–H and O–H groups in total. The van der Waals surface area contributed by atoms with Crippen LogP contribution in [0.15, 0.2) is 18.2 Å². The molecule has 4 aliphatic rings. The number of nitrogens with zero attached hydrogens (tertiary/aromatic N) is 3. The highest BCUT2D eigenvalue weighted by atomic mass is 35.5. The lowest BCUT2D eigenvalue weighted by Crippen LogP contribution is -2.73. The van der Waals surface area contributed by atoms with Crippen LogP contribution in [0, 0.1) is 5.41 Å². The van der Waals surface area contributed by atoms with Crippen molar-refractivity contribution < 1.29 is 5.11 Å². The summed E-state index contributed by atoms with van der Waals surface area (Å²) in [5.41, 5.74) is 0.747. The van der Waals surface area contributed by atoms with Crippen LogP contribution in [-0.4, -0.2) is 59.4 Å². The molecule has 1 aromatic carbocycles. The van der Waals surface area contributed by atoms with Crippen LogP contribution in [0.5, 0.6) is 0 Å². The Morgan fingerprint density at radius 3 is 2.00 bits per heavy atom. The van der Waals surface area contributed by atoms with Gasteiger partial charge < -0.3 is 5.11 Å². The van der Waals surface area contributed by atoms with Crippen molar-refractivity contribution in [3.63, 3.8) is 0 Å². The molecule has 4 nitrogen and oxygen atoms in total. The van der Waals surface area contributed by atoms with Crippen LogP contribution in [0.1, 0.15) is 11.7 Å². The molecule has 1 atom stereocenters. The van der Waals surface area contributed by atoms with Gasteiger partial charge in [0, 0.05) is 25.0 Å². The summed E-state index contributed by atoms with van der Waals surface area (Å²) in [6.45, 7) is 5.90. The van der Waals surface area contributed by atoms with Gasteiger partial charge in [-0.2, -0.15) is 0 Å². The first-order chi connectivity index (χ1) is 9.56. The van der Waals surface area contributed by atoms with Crippen LogP contribution in [0.2, 0.25) is 10.0 Å². The van der Waals surface area contributed by atoms with Gasteiger partial charge in [0.2, 0.25) is 0 Å². The van der Waals surface area contributed by atoms with Gasteiger partial charge >= 0.3 is 0 Å². The molecule has 0 aromatic heterocycles. The van der Waals surface area contributed by atoms with Crippen LogP contribution in [-0.2, 0) is 0 Å². The number of hydrogen-bond donors (Lipinski definition) is 1. The van der Waals surface area contributed by atoms with Gasteiger partial charge in [0.05, 0.1) is 36.2 Å². The minimum atomic E-state index is -0.509. The molecule has 5 rings (SSSR count). The second-order valence-electron chi connectivity index (χ2n) is 6.35. The molecule has 6 heteroatoms. The Balaban J connectivity index is 1.67. The maximum atomic E-state index is 10.9. The number of halogens is 2. The highest BCUT2D eigenvalue weighted by molar-refractivity contribution is 6.42. The van der Waals surface area contributed by atoms with E-state index in [4.69, 9.17) is 23.2 Å². The first kappa shape index (κ1) is 13.3. The molecule has 0 amide bonds. The van der Waals surface area contributed by atoms with Crippen LogP contribution in [0.25, 0.3) is 0 Å². The van der Waals surface area contributed by atoms with Crippen LogP contribution in [0.4, 0.5) is 0 Å². The summed E-state index contributed by atoms with van der Waals surface area (Å²) in [6.07, 6.45) is -0.509. The molecule has 4 aliphatic heterocycles. The lowest BCUT2D eigenvalue weighted by molar-refractivity contribution is -0.204. The normalized spacial score (nSPS) is 40.0. The fraction of sp³-hybridized carbons (Fsp3) is 0.571. The maximum absolute atomic E-state index is 10.9. The van der Waals surface area contributed by atoms with Crippen molar-refractivity contribution in [3.05, 3.63) is 33.8 Å². The maximum Gasteiger partial charge on any atom is 0.0883 e. The Morgan fingerprint density at radius 1 is 0.950 bits per heavy atom. The molecular weight excluding hydrogens is 297 g/mol. The third kappa shape index (κ3) is 1.98. The fourth-order valence-electron chi connectivity index (χ4n) is 4.06. The standard InChI is InChI=1S/C14H17Cl2N3O/c15-11-2-1-10(3-12(11)16)13(20)14-4-17-7-18(5-14)9-19(6-14)8-17/h1-3,13,20H,4-9H2/t13-/m1/s1. The SMILES string of the molecule is O[C@H](c1ccc(Cl)c(Cl)c1)C12CN3CN(CN(C3)C1)C2. The van der Waals surface area contributed by atoms with Crippen molar-refractivity contribution in [1.82, 2.24) is 14.7 Å². The Bertz CT molecular complexity index is 516. The van der Waals surface area contributed by atoms with Crippen molar-refractivity contribution >= 4 is 23.2 Å². The Labute approximate surface area is 128 Å². The largest absolute Gasteiger partial charge is 0.388 e. The first-order valence-corrected chi connectivity index (χ1v) is 7.61.